The Morgan fingerprint density at radius 2 is 1.76 bits per heavy atom. The molecule has 3 rings (SSSR count). The number of halogens is 1. The number of hydrogen-bond acceptors (Lipinski definition) is 4. The Labute approximate surface area is 182 Å². The maximum atomic E-state index is 12.9. The normalized spacial score (nSPS) is 11.4. The van der Waals surface area contributed by atoms with Gasteiger partial charge in [0.05, 0.1) is 44.0 Å². The average molecular weight is 524 g/mol. The smallest absolute Gasteiger partial charge is 0.257 e. The molecule has 152 valence electrons. The third-order valence-electron chi connectivity index (χ3n) is 4.71. The molecule has 1 amide bonds. The number of hydrogen-bond donors (Lipinski definition) is 2. The van der Waals surface area contributed by atoms with Gasteiger partial charge in [0.2, 0.25) is 7.01 Å². The lowest BCUT2D eigenvalue weighted by Crippen LogP contribution is -2.12. The van der Waals surface area contributed by atoms with Gasteiger partial charge in [0, 0.05) is 24.0 Å². The highest BCUT2D eigenvalue weighted by molar-refractivity contribution is 14.2. The number of amides is 1. The van der Waals surface area contributed by atoms with Crippen LogP contribution in [0.5, 0.6) is 0 Å². The molecule has 0 fully saturated rings. The van der Waals surface area contributed by atoms with Gasteiger partial charge in [-0.05, 0) is 49.2 Å². The number of nitrogens with one attached hydrogen (secondary N) is 1. The zero-order valence-electron chi connectivity index (χ0n) is 16.0. The molecule has 1 aromatic heterocycles. The Morgan fingerprint density at radius 1 is 1.10 bits per heavy atom. The average Bonchev–Trinajstić information content (AvgIpc) is 2.98. The third-order valence-corrected chi connectivity index (χ3v) is 7.07. The van der Waals surface area contributed by atoms with Gasteiger partial charge in [-0.1, -0.05) is 24.3 Å². The Balaban J connectivity index is 1.95. The molecule has 0 aliphatic rings. The van der Waals surface area contributed by atoms with Crippen LogP contribution in [0.15, 0.2) is 59.6 Å². The molecule has 0 saturated heterocycles. The van der Waals surface area contributed by atoms with Crippen molar-refractivity contribution in [3.05, 3.63) is 71.4 Å². The second-order valence-electron chi connectivity index (χ2n) is 6.66. The number of carbonyl (C=O) groups excluding carboxylic acids is 1. The lowest BCUT2D eigenvalue weighted by Gasteiger charge is -2.11. The van der Waals surface area contributed by atoms with E-state index in [2.05, 4.69) is 5.32 Å². The topological polar surface area (TPSA) is 88.4 Å². The van der Waals surface area contributed by atoms with E-state index in [0.717, 1.165) is 22.4 Å². The summed E-state index contributed by atoms with van der Waals surface area (Å²) >= 11 is 1.38. The summed E-state index contributed by atoms with van der Waals surface area (Å²) in [7, 11) is -3.32. The van der Waals surface area contributed by atoms with Crippen LogP contribution in [0.25, 0.3) is 11.3 Å². The van der Waals surface area contributed by atoms with Crippen molar-refractivity contribution in [2.75, 3.05) is 11.9 Å². The zero-order chi connectivity index (χ0) is 21.2. The molecule has 0 unspecified atom stereocenters. The van der Waals surface area contributed by atoms with Gasteiger partial charge in [0.1, 0.15) is 0 Å². The summed E-state index contributed by atoms with van der Waals surface area (Å²) in [6, 6.07) is 13.9. The molecule has 0 bridgehead atoms. The number of aromatic nitrogens is 1. The quantitative estimate of drug-likeness (QED) is 0.375. The van der Waals surface area contributed by atoms with Crippen molar-refractivity contribution in [1.82, 2.24) is 4.57 Å². The minimum absolute atomic E-state index is 0.0414. The van der Waals surface area contributed by atoms with Crippen molar-refractivity contribution in [1.29, 1.82) is 0 Å². The van der Waals surface area contributed by atoms with E-state index in [1.807, 2.05) is 42.7 Å². The lowest BCUT2D eigenvalue weighted by atomic mass is 10.0. The van der Waals surface area contributed by atoms with Crippen LogP contribution < -0.4 is 5.32 Å². The van der Waals surface area contributed by atoms with Crippen molar-refractivity contribution in [3.8, 4) is 11.3 Å². The van der Waals surface area contributed by atoms with Gasteiger partial charge in [0.15, 0.2) is 0 Å². The summed E-state index contributed by atoms with van der Waals surface area (Å²) in [6.45, 7) is 4.23. The van der Waals surface area contributed by atoms with Gasteiger partial charge in [-0.25, -0.2) is 8.42 Å². The summed E-state index contributed by atoms with van der Waals surface area (Å²) in [5, 5.41) is 12.3. The largest absolute Gasteiger partial charge is 0.395 e. The van der Waals surface area contributed by atoms with Crippen LogP contribution >= 0.6 is 21.2 Å². The highest BCUT2D eigenvalue weighted by Crippen LogP contribution is 2.31. The molecular weight excluding hydrogens is 503 g/mol. The van der Waals surface area contributed by atoms with E-state index in [0.29, 0.717) is 17.8 Å². The van der Waals surface area contributed by atoms with Gasteiger partial charge < -0.3 is 15.0 Å². The molecule has 0 saturated carbocycles. The van der Waals surface area contributed by atoms with Crippen molar-refractivity contribution in [2.45, 2.75) is 25.3 Å². The number of nitrogens with zero attached hydrogens (tertiary/aromatic N) is 1. The Kier molecular flexibility index (Phi) is 6.45. The Bertz CT molecular complexity index is 1150. The molecule has 1 heterocycles. The molecule has 0 spiro atoms. The SMILES string of the molecule is Cc1ccccc1-c1c(C)c(C(=O)Nc2ccc(S(=O)(=O)I)cc2)cn1CCO. The number of aliphatic hydroxyl groups is 1. The van der Waals surface area contributed by atoms with E-state index in [9.17, 15) is 18.3 Å². The predicted octanol–water partition coefficient (Wildman–Crippen LogP) is 4.14. The summed E-state index contributed by atoms with van der Waals surface area (Å²) < 4.78 is 25.0. The summed E-state index contributed by atoms with van der Waals surface area (Å²) in [4.78, 5) is 13.1. The molecule has 3 aromatic rings. The molecule has 0 aliphatic carbocycles. The highest BCUT2D eigenvalue weighted by atomic mass is 127. The molecule has 8 heteroatoms. The number of benzene rings is 2. The van der Waals surface area contributed by atoms with Crippen LogP contribution in [0.4, 0.5) is 5.69 Å². The second-order valence-corrected chi connectivity index (χ2v) is 11.5. The van der Waals surface area contributed by atoms with Crippen LogP contribution in [-0.4, -0.2) is 30.6 Å². The van der Waals surface area contributed by atoms with Crippen molar-refractivity contribution < 1.29 is 18.3 Å². The summed E-state index contributed by atoms with van der Waals surface area (Å²) in [5.74, 6) is -0.292. The van der Waals surface area contributed by atoms with Crippen LogP contribution in [0.2, 0.25) is 0 Å². The molecule has 29 heavy (non-hydrogen) atoms. The van der Waals surface area contributed by atoms with E-state index < -0.39 is 7.01 Å². The van der Waals surface area contributed by atoms with Crippen molar-refractivity contribution in [3.63, 3.8) is 0 Å². The van der Waals surface area contributed by atoms with Crippen LogP contribution in [-0.2, 0) is 13.6 Å². The first-order valence-corrected chi connectivity index (χ1v) is 13.0. The van der Waals surface area contributed by atoms with Crippen LogP contribution in [0.3, 0.4) is 0 Å². The molecule has 0 radical (unpaired) electrons. The van der Waals surface area contributed by atoms with Gasteiger partial charge >= 0.3 is 0 Å². The number of carbonyl (C=O) groups is 1. The second kappa shape index (κ2) is 8.68. The van der Waals surface area contributed by atoms with E-state index in [-0.39, 0.29) is 17.4 Å². The first-order chi connectivity index (χ1) is 13.7. The predicted molar refractivity (Wildman–Crippen MR) is 122 cm³/mol. The van der Waals surface area contributed by atoms with Crippen LogP contribution in [0.1, 0.15) is 21.5 Å². The first kappa shape index (κ1) is 21.5. The van der Waals surface area contributed by atoms with Gasteiger partial charge in [-0.15, -0.1) is 0 Å². The number of rotatable bonds is 6. The maximum absolute atomic E-state index is 12.9. The van der Waals surface area contributed by atoms with Crippen LogP contribution in [0, 0.1) is 13.8 Å². The van der Waals surface area contributed by atoms with Gasteiger partial charge in [0.25, 0.3) is 5.91 Å². The molecule has 2 N–H and O–H groups in total. The third kappa shape index (κ3) is 4.71. The molecule has 6 nitrogen and oxygen atoms in total. The summed E-state index contributed by atoms with van der Waals surface area (Å²) in [6.07, 6.45) is 1.74. The van der Waals surface area contributed by atoms with Gasteiger partial charge in [-0.3, -0.25) is 4.79 Å². The van der Waals surface area contributed by atoms with E-state index in [4.69, 9.17) is 0 Å². The Hall–Kier alpha value is -2.17. The zero-order valence-corrected chi connectivity index (χ0v) is 19.0. The fourth-order valence-corrected chi connectivity index (χ4v) is 4.61. The minimum atomic E-state index is -3.32. The Morgan fingerprint density at radius 3 is 2.34 bits per heavy atom. The first-order valence-electron chi connectivity index (χ1n) is 8.95. The number of aryl methyl sites for hydroxylation is 1. The lowest BCUT2D eigenvalue weighted by molar-refractivity contribution is 0.102. The fraction of sp³-hybridized carbons (Fsp3) is 0.190. The van der Waals surface area contributed by atoms with Crippen molar-refractivity contribution >= 4 is 39.8 Å². The fourth-order valence-electron chi connectivity index (χ4n) is 3.27. The standard InChI is InChI=1S/C21H21IN2O4S/c1-14-5-3-4-6-18(14)20-15(2)19(13-24(20)11-12-25)21(26)23-16-7-9-17(10-8-16)29(22,27)28/h3-10,13,25H,11-12H2,1-2H3,(H,23,26). The highest BCUT2D eigenvalue weighted by Gasteiger charge is 2.20. The molecule has 0 atom stereocenters. The van der Waals surface area contributed by atoms with E-state index in [1.165, 1.54) is 33.3 Å². The minimum Gasteiger partial charge on any atom is -0.395 e. The van der Waals surface area contributed by atoms with Crippen molar-refractivity contribution in [2.24, 2.45) is 0 Å². The number of aliphatic hydroxyl groups excluding tert-OH is 1. The van der Waals surface area contributed by atoms with Gasteiger partial charge in [-0.2, -0.15) is 0 Å². The monoisotopic (exact) mass is 524 g/mol. The molecule has 0 aliphatic heterocycles. The van der Waals surface area contributed by atoms with E-state index >= 15 is 0 Å². The molecular formula is C21H21IN2O4S. The number of anilines is 1. The van der Waals surface area contributed by atoms with E-state index in [1.54, 1.807) is 18.3 Å². The summed E-state index contributed by atoms with van der Waals surface area (Å²) in [5.41, 5.74) is 4.81. The molecule has 2 aromatic carbocycles. The maximum Gasteiger partial charge on any atom is 0.257 e.